The van der Waals surface area contributed by atoms with Crippen molar-refractivity contribution in [3.63, 3.8) is 0 Å². The van der Waals surface area contributed by atoms with Crippen LogP contribution in [0.4, 0.5) is 5.69 Å². The number of halogens is 1. The molecule has 1 unspecified atom stereocenters. The van der Waals surface area contributed by atoms with Crippen LogP contribution in [0.5, 0.6) is 0 Å². The van der Waals surface area contributed by atoms with E-state index in [1.165, 1.54) is 12.1 Å². The summed E-state index contributed by atoms with van der Waals surface area (Å²) in [7, 11) is 0. The van der Waals surface area contributed by atoms with Crippen LogP contribution in [0.1, 0.15) is 60.7 Å². The minimum absolute atomic E-state index is 0.0195. The van der Waals surface area contributed by atoms with Gasteiger partial charge in [-0.15, -0.1) is 0 Å². The molecule has 1 aliphatic carbocycles. The minimum Gasteiger partial charge on any atom is -0.340 e. The molecule has 0 radical (unpaired) electrons. The van der Waals surface area contributed by atoms with E-state index in [1.807, 2.05) is 13.8 Å². The lowest BCUT2D eigenvalue weighted by Gasteiger charge is -2.18. The number of aromatic nitrogens is 2. The fourth-order valence-electron chi connectivity index (χ4n) is 2.41. The van der Waals surface area contributed by atoms with Gasteiger partial charge in [-0.3, -0.25) is 14.9 Å². The van der Waals surface area contributed by atoms with E-state index in [9.17, 15) is 14.9 Å². The lowest BCUT2D eigenvalue weighted by molar-refractivity contribution is -0.384. The first-order chi connectivity index (χ1) is 11.9. The summed E-state index contributed by atoms with van der Waals surface area (Å²) in [5.74, 6) is 0.773. The first-order valence-corrected chi connectivity index (χ1v) is 8.33. The third-order valence-electron chi connectivity index (χ3n) is 4.02. The number of nitrogens with one attached hydrogen (secondary N) is 1. The summed E-state index contributed by atoms with van der Waals surface area (Å²) in [6.45, 7) is 3.81. The summed E-state index contributed by atoms with van der Waals surface area (Å²) in [5.41, 5.74) is -0.173. The zero-order valence-corrected chi connectivity index (χ0v) is 14.5. The van der Waals surface area contributed by atoms with Gasteiger partial charge in [-0.05, 0) is 24.8 Å². The Bertz CT molecular complexity index is 816. The molecule has 1 aromatic heterocycles. The Morgan fingerprint density at radius 2 is 2.16 bits per heavy atom. The van der Waals surface area contributed by atoms with Gasteiger partial charge in [-0.25, -0.2) is 0 Å². The topological polar surface area (TPSA) is 111 Å². The number of benzene rings is 1. The number of amides is 1. The summed E-state index contributed by atoms with van der Waals surface area (Å²) in [6, 6.07) is 3.22. The van der Waals surface area contributed by atoms with E-state index in [0.717, 1.165) is 18.9 Å². The lowest BCUT2D eigenvalue weighted by Crippen LogP contribution is -2.32. The maximum atomic E-state index is 12.6. The highest BCUT2D eigenvalue weighted by Gasteiger charge is 2.32. The molecule has 25 heavy (non-hydrogen) atoms. The molecule has 1 amide bonds. The van der Waals surface area contributed by atoms with Crippen LogP contribution in [0.2, 0.25) is 5.02 Å². The van der Waals surface area contributed by atoms with Crippen LogP contribution in [0.3, 0.4) is 0 Å². The van der Waals surface area contributed by atoms with Crippen LogP contribution in [0, 0.1) is 16.0 Å². The summed E-state index contributed by atoms with van der Waals surface area (Å²) in [5, 5.41) is 17.8. The van der Waals surface area contributed by atoms with Crippen molar-refractivity contribution in [3.8, 4) is 0 Å². The Balaban J connectivity index is 1.83. The predicted molar refractivity (Wildman–Crippen MR) is 89.4 cm³/mol. The molecule has 3 rings (SSSR count). The normalized spacial score (nSPS) is 15.2. The maximum Gasteiger partial charge on any atom is 0.270 e. The van der Waals surface area contributed by atoms with E-state index < -0.39 is 16.9 Å². The summed E-state index contributed by atoms with van der Waals surface area (Å²) in [4.78, 5) is 27.3. The van der Waals surface area contributed by atoms with E-state index >= 15 is 0 Å². The monoisotopic (exact) mass is 364 g/mol. The van der Waals surface area contributed by atoms with Crippen molar-refractivity contribution in [3.05, 3.63) is 50.6 Å². The third kappa shape index (κ3) is 3.79. The van der Waals surface area contributed by atoms with Crippen LogP contribution in [0.15, 0.2) is 22.7 Å². The van der Waals surface area contributed by atoms with Gasteiger partial charge in [-0.1, -0.05) is 30.6 Å². The number of nitrogens with zero attached hydrogens (tertiary/aromatic N) is 3. The molecule has 1 atom stereocenters. The number of carbonyl (C=O) groups is 1. The van der Waals surface area contributed by atoms with Gasteiger partial charge in [0.1, 0.15) is 6.04 Å². The van der Waals surface area contributed by atoms with E-state index in [4.69, 9.17) is 16.1 Å². The molecular formula is C16H17ClN4O4. The fraction of sp³-hybridized carbons (Fsp3) is 0.438. The number of rotatable bonds is 6. The van der Waals surface area contributed by atoms with Crippen LogP contribution in [-0.4, -0.2) is 21.0 Å². The first-order valence-electron chi connectivity index (χ1n) is 7.95. The van der Waals surface area contributed by atoms with Gasteiger partial charge in [0.05, 0.1) is 15.5 Å². The van der Waals surface area contributed by atoms with E-state index in [1.54, 1.807) is 0 Å². The Morgan fingerprint density at radius 1 is 1.44 bits per heavy atom. The number of non-ortho nitro benzene ring substituents is 1. The van der Waals surface area contributed by atoms with Gasteiger partial charge >= 0.3 is 0 Å². The molecule has 0 spiro atoms. The summed E-state index contributed by atoms with van der Waals surface area (Å²) < 4.78 is 5.30. The second-order valence-electron chi connectivity index (χ2n) is 6.38. The Labute approximate surface area is 148 Å². The summed E-state index contributed by atoms with van der Waals surface area (Å²) >= 11 is 6.02. The maximum absolute atomic E-state index is 12.6. The van der Waals surface area contributed by atoms with Crippen molar-refractivity contribution in [2.75, 3.05) is 0 Å². The molecule has 0 aliphatic heterocycles. The lowest BCUT2D eigenvalue weighted by atomic mass is 10.0. The molecule has 9 heteroatoms. The summed E-state index contributed by atoms with van der Waals surface area (Å²) in [6.07, 6.45) is 2.09. The molecule has 8 nitrogen and oxygen atoms in total. The van der Waals surface area contributed by atoms with Crippen LogP contribution < -0.4 is 5.32 Å². The molecule has 0 bridgehead atoms. The zero-order valence-electron chi connectivity index (χ0n) is 13.7. The molecule has 132 valence electrons. The van der Waals surface area contributed by atoms with E-state index in [0.29, 0.717) is 17.6 Å². The number of nitro benzene ring substituents is 1. The minimum atomic E-state index is -0.576. The SMILES string of the molecule is CC(C)C(NC(=O)c1cc([N+](=O)[O-])ccc1Cl)c1nc(C2CC2)no1. The van der Waals surface area contributed by atoms with Gasteiger partial charge in [0.2, 0.25) is 5.89 Å². The molecule has 1 heterocycles. The van der Waals surface area contributed by atoms with Crippen molar-refractivity contribution in [2.45, 2.75) is 38.6 Å². The second kappa shape index (κ2) is 6.79. The van der Waals surface area contributed by atoms with Gasteiger partial charge in [0, 0.05) is 18.1 Å². The molecule has 1 aliphatic rings. The molecular weight excluding hydrogens is 348 g/mol. The highest BCUT2D eigenvalue weighted by atomic mass is 35.5. The molecule has 1 saturated carbocycles. The van der Waals surface area contributed by atoms with E-state index in [-0.39, 0.29) is 22.2 Å². The average Bonchev–Trinajstić information content (AvgIpc) is 3.30. The largest absolute Gasteiger partial charge is 0.340 e. The molecule has 1 aromatic carbocycles. The molecule has 1 fully saturated rings. The second-order valence-corrected chi connectivity index (χ2v) is 6.79. The molecule has 2 aromatic rings. The van der Waals surface area contributed by atoms with Crippen LogP contribution in [-0.2, 0) is 0 Å². The van der Waals surface area contributed by atoms with Gasteiger partial charge in [0.15, 0.2) is 5.82 Å². The number of carbonyl (C=O) groups excluding carboxylic acids is 1. The Kier molecular flexibility index (Phi) is 4.71. The van der Waals surface area contributed by atoms with Crippen molar-refractivity contribution in [1.29, 1.82) is 0 Å². The smallest absolute Gasteiger partial charge is 0.270 e. The number of hydrogen-bond donors (Lipinski definition) is 1. The van der Waals surface area contributed by atoms with Crippen molar-refractivity contribution in [1.82, 2.24) is 15.5 Å². The van der Waals surface area contributed by atoms with Gasteiger partial charge in [-0.2, -0.15) is 4.98 Å². The van der Waals surface area contributed by atoms with Crippen LogP contribution in [0.25, 0.3) is 0 Å². The van der Waals surface area contributed by atoms with Crippen molar-refractivity contribution < 1.29 is 14.2 Å². The van der Waals surface area contributed by atoms with Crippen LogP contribution >= 0.6 is 11.6 Å². The highest BCUT2D eigenvalue weighted by Crippen LogP contribution is 2.38. The van der Waals surface area contributed by atoms with Gasteiger partial charge < -0.3 is 9.84 Å². The van der Waals surface area contributed by atoms with Crippen molar-refractivity contribution in [2.24, 2.45) is 5.92 Å². The predicted octanol–water partition coefficient (Wildman–Crippen LogP) is 3.64. The first kappa shape index (κ1) is 17.3. The molecule has 0 saturated heterocycles. The quantitative estimate of drug-likeness (QED) is 0.618. The molecule has 1 N–H and O–H groups in total. The number of nitro groups is 1. The number of hydrogen-bond acceptors (Lipinski definition) is 6. The third-order valence-corrected chi connectivity index (χ3v) is 4.35. The van der Waals surface area contributed by atoms with Gasteiger partial charge in [0.25, 0.3) is 11.6 Å². The van der Waals surface area contributed by atoms with Crippen molar-refractivity contribution >= 4 is 23.2 Å². The highest BCUT2D eigenvalue weighted by molar-refractivity contribution is 6.33. The fourth-order valence-corrected chi connectivity index (χ4v) is 2.62. The Morgan fingerprint density at radius 3 is 2.76 bits per heavy atom. The zero-order chi connectivity index (χ0) is 18.1. The average molecular weight is 365 g/mol. The van der Waals surface area contributed by atoms with E-state index in [2.05, 4.69) is 15.5 Å². The standard InChI is InChI=1S/C16H17ClN4O4/c1-8(2)13(16-19-14(20-25-16)9-3-4-9)18-15(22)11-7-10(21(23)24)5-6-12(11)17/h5-9,13H,3-4H2,1-2H3,(H,18,22). The Hall–Kier alpha value is -2.48.